The normalized spacial score (nSPS) is 19.6. The molecule has 1 aliphatic heterocycles. The van der Waals surface area contributed by atoms with E-state index in [2.05, 4.69) is 42.8 Å². The Morgan fingerprint density at radius 1 is 1.19 bits per heavy atom. The Morgan fingerprint density at radius 2 is 1.90 bits per heavy atom. The lowest BCUT2D eigenvalue weighted by Gasteiger charge is -2.45. The summed E-state index contributed by atoms with van der Waals surface area (Å²) >= 11 is 0. The van der Waals surface area contributed by atoms with Crippen molar-refractivity contribution in [3.63, 3.8) is 0 Å². The first-order valence-electron chi connectivity index (χ1n) is 7.87. The zero-order chi connectivity index (χ0) is 15.3. The third-order valence-corrected chi connectivity index (χ3v) is 4.43. The Hall–Kier alpha value is -1.10. The van der Waals surface area contributed by atoms with Crippen LogP contribution in [0.5, 0.6) is 5.75 Å². The van der Waals surface area contributed by atoms with Crippen LogP contribution < -0.4 is 10.5 Å². The van der Waals surface area contributed by atoms with Crippen LogP contribution in [0.4, 0.5) is 0 Å². The molecule has 0 aromatic heterocycles. The molecule has 4 heteroatoms. The van der Waals surface area contributed by atoms with Crippen molar-refractivity contribution in [2.75, 3.05) is 46.4 Å². The maximum Gasteiger partial charge on any atom is 0.119 e. The van der Waals surface area contributed by atoms with Gasteiger partial charge in [-0.15, -0.1) is 0 Å². The van der Waals surface area contributed by atoms with Crippen LogP contribution in [0.2, 0.25) is 0 Å². The SMILES string of the molecule is CN1CCN(CCOc2ccc(CCN)cc2)CC1(C)C. The molecule has 1 aromatic carbocycles. The number of benzene rings is 1. The number of hydrogen-bond donors (Lipinski definition) is 1. The topological polar surface area (TPSA) is 41.7 Å². The van der Waals surface area contributed by atoms with Gasteiger partial charge in [-0.25, -0.2) is 0 Å². The monoisotopic (exact) mass is 291 g/mol. The predicted molar refractivity (Wildman–Crippen MR) is 87.8 cm³/mol. The molecular formula is C17H29N3O. The van der Waals surface area contributed by atoms with Crippen LogP contribution in [0.15, 0.2) is 24.3 Å². The average molecular weight is 291 g/mol. The van der Waals surface area contributed by atoms with Gasteiger partial charge in [-0.05, 0) is 51.6 Å². The summed E-state index contributed by atoms with van der Waals surface area (Å²) in [7, 11) is 2.21. The Bertz CT molecular complexity index is 430. The van der Waals surface area contributed by atoms with Gasteiger partial charge in [0.25, 0.3) is 0 Å². The smallest absolute Gasteiger partial charge is 0.119 e. The van der Waals surface area contributed by atoms with Crippen LogP contribution in [0.1, 0.15) is 19.4 Å². The van der Waals surface area contributed by atoms with Gasteiger partial charge in [-0.3, -0.25) is 9.80 Å². The van der Waals surface area contributed by atoms with Crippen LogP contribution >= 0.6 is 0 Å². The highest BCUT2D eigenvalue weighted by molar-refractivity contribution is 5.27. The average Bonchev–Trinajstić information content (AvgIpc) is 2.45. The number of likely N-dealkylation sites (N-methyl/N-ethyl adjacent to an activating group) is 1. The van der Waals surface area contributed by atoms with Crippen molar-refractivity contribution < 1.29 is 4.74 Å². The molecule has 0 atom stereocenters. The molecule has 1 aliphatic rings. The molecule has 0 unspecified atom stereocenters. The molecule has 1 fully saturated rings. The number of nitrogens with zero attached hydrogens (tertiary/aromatic N) is 2. The van der Waals surface area contributed by atoms with Gasteiger partial charge in [-0.2, -0.15) is 0 Å². The van der Waals surface area contributed by atoms with Crippen LogP contribution in [0.25, 0.3) is 0 Å². The lowest BCUT2D eigenvalue weighted by Crippen LogP contribution is -2.58. The molecule has 4 nitrogen and oxygen atoms in total. The van der Waals surface area contributed by atoms with E-state index in [1.165, 1.54) is 5.56 Å². The van der Waals surface area contributed by atoms with E-state index in [9.17, 15) is 0 Å². The largest absolute Gasteiger partial charge is 0.492 e. The van der Waals surface area contributed by atoms with E-state index in [-0.39, 0.29) is 5.54 Å². The van der Waals surface area contributed by atoms with Crippen molar-refractivity contribution in [1.82, 2.24) is 9.80 Å². The highest BCUT2D eigenvalue weighted by Crippen LogP contribution is 2.18. The van der Waals surface area contributed by atoms with Gasteiger partial charge in [0.05, 0.1) is 0 Å². The summed E-state index contributed by atoms with van der Waals surface area (Å²) in [6.45, 7) is 10.4. The van der Waals surface area contributed by atoms with E-state index in [0.717, 1.165) is 45.0 Å². The highest BCUT2D eigenvalue weighted by atomic mass is 16.5. The fraction of sp³-hybridized carbons (Fsp3) is 0.647. The first-order valence-corrected chi connectivity index (χ1v) is 7.87. The lowest BCUT2D eigenvalue weighted by atomic mass is 10.00. The van der Waals surface area contributed by atoms with Crippen molar-refractivity contribution >= 4 is 0 Å². The summed E-state index contributed by atoms with van der Waals surface area (Å²) in [5.74, 6) is 0.948. The zero-order valence-corrected chi connectivity index (χ0v) is 13.6. The molecule has 2 rings (SSSR count). The summed E-state index contributed by atoms with van der Waals surface area (Å²) in [6, 6.07) is 8.28. The van der Waals surface area contributed by atoms with Crippen molar-refractivity contribution in [2.45, 2.75) is 25.8 Å². The van der Waals surface area contributed by atoms with Crippen molar-refractivity contribution in [3.8, 4) is 5.75 Å². The van der Waals surface area contributed by atoms with Crippen molar-refractivity contribution in [1.29, 1.82) is 0 Å². The molecule has 21 heavy (non-hydrogen) atoms. The Kier molecular flexibility index (Phi) is 5.62. The number of rotatable bonds is 6. The molecule has 1 saturated heterocycles. The first kappa shape index (κ1) is 16.3. The Labute approximate surface area is 128 Å². The molecule has 0 amide bonds. The fourth-order valence-corrected chi connectivity index (χ4v) is 2.74. The minimum absolute atomic E-state index is 0.252. The maximum atomic E-state index is 5.85. The molecule has 0 radical (unpaired) electrons. The summed E-state index contributed by atoms with van der Waals surface area (Å²) in [6.07, 6.45) is 0.927. The zero-order valence-electron chi connectivity index (χ0n) is 13.6. The lowest BCUT2D eigenvalue weighted by molar-refractivity contribution is 0.0338. The second kappa shape index (κ2) is 7.25. The molecule has 0 aliphatic carbocycles. The van der Waals surface area contributed by atoms with Gasteiger partial charge < -0.3 is 10.5 Å². The van der Waals surface area contributed by atoms with Gasteiger partial charge in [0, 0.05) is 31.7 Å². The summed E-state index contributed by atoms with van der Waals surface area (Å²) < 4.78 is 5.85. The summed E-state index contributed by atoms with van der Waals surface area (Å²) in [4.78, 5) is 4.92. The molecule has 0 bridgehead atoms. The van der Waals surface area contributed by atoms with E-state index < -0.39 is 0 Å². The standard InChI is InChI=1S/C17H29N3O/c1-17(2)14-20(11-10-19(17)3)12-13-21-16-6-4-15(5-7-16)8-9-18/h4-7H,8-14,18H2,1-3H3. The van der Waals surface area contributed by atoms with Gasteiger partial charge in [0.2, 0.25) is 0 Å². The maximum absolute atomic E-state index is 5.85. The Morgan fingerprint density at radius 3 is 2.52 bits per heavy atom. The van der Waals surface area contributed by atoms with E-state index in [1.54, 1.807) is 0 Å². The van der Waals surface area contributed by atoms with Gasteiger partial charge in [0.1, 0.15) is 12.4 Å². The number of nitrogens with two attached hydrogens (primary N) is 1. The van der Waals surface area contributed by atoms with Crippen LogP contribution in [0.3, 0.4) is 0 Å². The van der Waals surface area contributed by atoms with E-state index in [0.29, 0.717) is 6.54 Å². The van der Waals surface area contributed by atoms with Crippen LogP contribution in [-0.2, 0) is 6.42 Å². The van der Waals surface area contributed by atoms with Gasteiger partial charge in [0.15, 0.2) is 0 Å². The Balaban J connectivity index is 1.74. The first-order chi connectivity index (χ1) is 10.0. The fourth-order valence-electron chi connectivity index (χ4n) is 2.74. The molecule has 1 heterocycles. The second-order valence-corrected chi connectivity index (χ2v) is 6.54. The minimum atomic E-state index is 0.252. The van der Waals surface area contributed by atoms with Crippen LogP contribution in [-0.4, -0.2) is 61.7 Å². The molecule has 0 saturated carbocycles. The number of hydrogen-bond acceptors (Lipinski definition) is 4. The second-order valence-electron chi connectivity index (χ2n) is 6.54. The molecule has 2 N–H and O–H groups in total. The van der Waals surface area contributed by atoms with Gasteiger partial charge >= 0.3 is 0 Å². The quantitative estimate of drug-likeness (QED) is 0.864. The van der Waals surface area contributed by atoms with E-state index in [1.807, 2.05) is 12.1 Å². The van der Waals surface area contributed by atoms with Crippen molar-refractivity contribution in [3.05, 3.63) is 29.8 Å². The third kappa shape index (κ3) is 4.70. The number of ether oxygens (including phenoxy) is 1. The minimum Gasteiger partial charge on any atom is -0.492 e. The molecular weight excluding hydrogens is 262 g/mol. The molecule has 118 valence electrons. The summed E-state index contributed by atoms with van der Waals surface area (Å²) in [5.41, 5.74) is 7.07. The number of piperazine rings is 1. The van der Waals surface area contributed by atoms with Gasteiger partial charge in [-0.1, -0.05) is 12.1 Å². The molecule has 1 aromatic rings. The van der Waals surface area contributed by atoms with E-state index in [4.69, 9.17) is 10.5 Å². The van der Waals surface area contributed by atoms with Crippen molar-refractivity contribution in [2.24, 2.45) is 5.73 Å². The molecule has 0 spiro atoms. The predicted octanol–water partition coefficient (Wildman–Crippen LogP) is 1.59. The third-order valence-electron chi connectivity index (χ3n) is 4.43. The summed E-state index contributed by atoms with van der Waals surface area (Å²) in [5, 5.41) is 0. The van der Waals surface area contributed by atoms with E-state index >= 15 is 0 Å². The van der Waals surface area contributed by atoms with Crippen LogP contribution in [0, 0.1) is 0 Å². The highest BCUT2D eigenvalue weighted by Gasteiger charge is 2.30.